The lowest BCUT2D eigenvalue weighted by atomic mass is 10.1. The number of hydrazine groups is 1. The third kappa shape index (κ3) is 3.88. The Hall–Kier alpha value is -1.88. The molecule has 1 aromatic rings. The van der Waals surface area contributed by atoms with Crippen LogP contribution in [0.1, 0.15) is 41.5 Å². The molecule has 0 aliphatic heterocycles. The summed E-state index contributed by atoms with van der Waals surface area (Å²) in [6.07, 6.45) is 0. The van der Waals surface area contributed by atoms with E-state index in [1.165, 1.54) is 24.3 Å². The number of nitrogens with two attached hydrogens (primary N) is 1. The number of amides is 1. The minimum absolute atomic E-state index is 0.389. The van der Waals surface area contributed by atoms with Gasteiger partial charge >= 0.3 is 5.97 Å². The van der Waals surface area contributed by atoms with Gasteiger partial charge in [-0.05, 0) is 45.0 Å². The predicted octanol–water partition coefficient (Wildman–Crippen LogP) is 1.25. The molecule has 0 spiro atoms. The fraction of sp³-hybridized carbons (Fsp3) is 0.333. The van der Waals surface area contributed by atoms with Gasteiger partial charge in [-0.1, -0.05) is 0 Å². The van der Waals surface area contributed by atoms with Crippen molar-refractivity contribution in [2.45, 2.75) is 26.4 Å². The molecule has 5 heteroatoms. The van der Waals surface area contributed by atoms with Gasteiger partial charge in [0.05, 0.1) is 5.56 Å². The van der Waals surface area contributed by atoms with E-state index in [9.17, 15) is 9.59 Å². The Balaban J connectivity index is 2.81. The van der Waals surface area contributed by atoms with Crippen LogP contribution in [-0.4, -0.2) is 17.5 Å². The summed E-state index contributed by atoms with van der Waals surface area (Å²) in [4.78, 5) is 22.8. The largest absolute Gasteiger partial charge is 0.456 e. The number of carbonyl (C=O) groups excluding carboxylic acids is 2. The number of esters is 1. The summed E-state index contributed by atoms with van der Waals surface area (Å²) in [5.41, 5.74) is 2.26. The van der Waals surface area contributed by atoms with Crippen LogP contribution < -0.4 is 11.3 Å². The van der Waals surface area contributed by atoms with Gasteiger partial charge in [0.1, 0.15) is 5.60 Å². The number of hydrogen-bond donors (Lipinski definition) is 2. The van der Waals surface area contributed by atoms with Crippen molar-refractivity contribution in [2.24, 2.45) is 5.84 Å². The maximum absolute atomic E-state index is 11.7. The van der Waals surface area contributed by atoms with Crippen LogP contribution in [0, 0.1) is 0 Å². The van der Waals surface area contributed by atoms with Crippen LogP contribution in [0.2, 0.25) is 0 Å². The van der Waals surface area contributed by atoms with Crippen LogP contribution in [0.25, 0.3) is 0 Å². The highest BCUT2D eigenvalue weighted by Gasteiger charge is 2.17. The highest BCUT2D eigenvalue weighted by Crippen LogP contribution is 2.12. The monoisotopic (exact) mass is 236 g/mol. The molecule has 0 saturated carbocycles. The maximum Gasteiger partial charge on any atom is 0.338 e. The lowest BCUT2D eigenvalue weighted by molar-refractivity contribution is 0.00693. The summed E-state index contributed by atoms with van der Waals surface area (Å²) in [5.74, 6) is 4.17. The van der Waals surface area contributed by atoms with Crippen LogP contribution in [0.15, 0.2) is 24.3 Å². The van der Waals surface area contributed by atoms with Gasteiger partial charge in [0.15, 0.2) is 0 Å². The number of rotatable bonds is 2. The summed E-state index contributed by atoms with van der Waals surface area (Å²) in [5, 5.41) is 0. The zero-order valence-electron chi connectivity index (χ0n) is 10.1. The first-order valence-corrected chi connectivity index (χ1v) is 5.18. The van der Waals surface area contributed by atoms with Gasteiger partial charge in [-0.2, -0.15) is 0 Å². The van der Waals surface area contributed by atoms with E-state index < -0.39 is 17.5 Å². The van der Waals surface area contributed by atoms with Gasteiger partial charge in [-0.25, -0.2) is 10.6 Å². The summed E-state index contributed by atoms with van der Waals surface area (Å²) >= 11 is 0. The number of carbonyl (C=O) groups is 2. The Labute approximate surface area is 99.9 Å². The van der Waals surface area contributed by atoms with Gasteiger partial charge in [-0.3, -0.25) is 10.2 Å². The van der Waals surface area contributed by atoms with E-state index in [2.05, 4.69) is 0 Å². The third-order valence-electron chi connectivity index (χ3n) is 1.91. The Morgan fingerprint density at radius 2 is 1.59 bits per heavy atom. The molecule has 92 valence electrons. The molecule has 1 rings (SSSR count). The Morgan fingerprint density at radius 3 is 2.00 bits per heavy atom. The number of hydrogen-bond acceptors (Lipinski definition) is 4. The summed E-state index contributed by atoms with van der Waals surface area (Å²) in [7, 11) is 0. The summed E-state index contributed by atoms with van der Waals surface area (Å²) in [6, 6.07) is 6.08. The summed E-state index contributed by atoms with van der Waals surface area (Å²) < 4.78 is 5.19. The number of benzene rings is 1. The van der Waals surface area contributed by atoms with E-state index in [0.29, 0.717) is 11.1 Å². The average molecular weight is 236 g/mol. The number of ether oxygens (including phenoxy) is 1. The van der Waals surface area contributed by atoms with Gasteiger partial charge in [-0.15, -0.1) is 0 Å². The molecular formula is C12H16N2O3. The smallest absolute Gasteiger partial charge is 0.338 e. The molecule has 0 aromatic heterocycles. The summed E-state index contributed by atoms with van der Waals surface area (Å²) in [6.45, 7) is 5.38. The number of nitrogen functional groups attached to an aromatic ring is 1. The van der Waals surface area contributed by atoms with Crippen molar-refractivity contribution in [3.05, 3.63) is 35.4 Å². The third-order valence-corrected chi connectivity index (χ3v) is 1.91. The fourth-order valence-corrected chi connectivity index (χ4v) is 1.18. The molecule has 1 aromatic carbocycles. The van der Waals surface area contributed by atoms with Crippen molar-refractivity contribution >= 4 is 11.9 Å². The molecule has 0 saturated heterocycles. The van der Waals surface area contributed by atoms with Crippen molar-refractivity contribution in [1.29, 1.82) is 0 Å². The molecule has 0 atom stereocenters. The van der Waals surface area contributed by atoms with Crippen LogP contribution in [0.3, 0.4) is 0 Å². The molecule has 0 bridgehead atoms. The van der Waals surface area contributed by atoms with Crippen molar-refractivity contribution in [1.82, 2.24) is 5.43 Å². The minimum atomic E-state index is -0.537. The second kappa shape index (κ2) is 4.97. The molecule has 17 heavy (non-hydrogen) atoms. The normalized spacial score (nSPS) is 10.8. The predicted molar refractivity (Wildman–Crippen MR) is 63.3 cm³/mol. The van der Waals surface area contributed by atoms with Crippen molar-refractivity contribution < 1.29 is 14.3 Å². The van der Waals surface area contributed by atoms with Crippen LogP contribution in [-0.2, 0) is 4.74 Å². The fourth-order valence-electron chi connectivity index (χ4n) is 1.18. The second-order valence-electron chi connectivity index (χ2n) is 4.55. The highest BCUT2D eigenvalue weighted by atomic mass is 16.6. The average Bonchev–Trinajstić information content (AvgIpc) is 2.26. The van der Waals surface area contributed by atoms with Crippen LogP contribution >= 0.6 is 0 Å². The standard InChI is InChI=1S/C12H16N2O3/c1-12(2,3)17-11(16)9-6-4-8(5-7-9)10(15)14-13/h4-7H,13H2,1-3H3,(H,14,15). The lowest BCUT2D eigenvalue weighted by Gasteiger charge is -2.19. The molecule has 0 aliphatic carbocycles. The SMILES string of the molecule is CC(C)(C)OC(=O)c1ccc(C(=O)NN)cc1. The Kier molecular flexibility index (Phi) is 3.85. The van der Waals surface area contributed by atoms with E-state index >= 15 is 0 Å². The topological polar surface area (TPSA) is 81.4 Å². The van der Waals surface area contributed by atoms with Crippen LogP contribution in [0.4, 0.5) is 0 Å². The molecule has 5 nitrogen and oxygen atoms in total. The lowest BCUT2D eigenvalue weighted by Crippen LogP contribution is -2.30. The van der Waals surface area contributed by atoms with Crippen molar-refractivity contribution in [3.63, 3.8) is 0 Å². The maximum atomic E-state index is 11.7. The van der Waals surface area contributed by atoms with E-state index in [-0.39, 0.29) is 0 Å². The van der Waals surface area contributed by atoms with Gasteiger partial charge in [0, 0.05) is 5.56 Å². The first-order valence-electron chi connectivity index (χ1n) is 5.18. The highest BCUT2D eigenvalue weighted by molar-refractivity contribution is 5.95. The van der Waals surface area contributed by atoms with E-state index in [4.69, 9.17) is 10.6 Å². The zero-order chi connectivity index (χ0) is 13.1. The zero-order valence-corrected chi connectivity index (χ0v) is 10.1. The molecule has 0 fully saturated rings. The first-order chi connectivity index (χ1) is 7.83. The van der Waals surface area contributed by atoms with E-state index in [0.717, 1.165) is 0 Å². The Morgan fingerprint density at radius 1 is 1.12 bits per heavy atom. The molecular weight excluding hydrogens is 220 g/mol. The van der Waals surface area contributed by atoms with Gasteiger partial charge < -0.3 is 4.74 Å². The minimum Gasteiger partial charge on any atom is -0.456 e. The number of nitrogens with one attached hydrogen (secondary N) is 1. The van der Waals surface area contributed by atoms with Crippen LogP contribution in [0.5, 0.6) is 0 Å². The Bertz CT molecular complexity index is 418. The van der Waals surface area contributed by atoms with Gasteiger partial charge in [0.25, 0.3) is 5.91 Å². The molecule has 0 heterocycles. The molecule has 0 aliphatic rings. The molecule has 3 N–H and O–H groups in total. The second-order valence-corrected chi connectivity index (χ2v) is 4.55. The van der Waals surface area contributed by atoms with Gasteiger partial charge in [0.2, 0.25) is 0 Å². The first kappa shape index (κ1) is 13.2. The molecule has 0 unspecified atom stereocenters. The quantitative estimate of drug-likeness (QED) is 0.350. The molecule has 0 radical (unpaired) electrons. The van der Waals surface area contributed by atoms with E-state index in [1.54, 1.807) is 20.8 Å². The van der Waals surface area contributed by atoms with E-state index in [1.807, 2.05) is 5.43 Å². The van der Waals surface area contributed by atoms with Crippen molar-refractivity contribution in [2.75, 3.05) is 0 Å². The van der Waals surface area contributed by atoms with Crippen molar-refractivity contribution in [3.8, 4) is 0 Å². The molecule has 1 amide bonds.